The lowest BCUT2D eigenvalue weighted by Crippen LogP contribution is -2.50. The standard InChI is InChI=1S/C14H28N2/c1-11-3-7-14(8-4-11)16-10-13(9-15)6-5-12(16)2/h11-14H,3-10,15H2,1-2H3. The van der Waals surface area contributed by atoms with Gasteiger partial charge in [0.15, 0.2) is 0 Å². The van der Waals surface area contributed by atoms with Crippen LogP contribution in [0, 0.1) is 11.8 Å². The molecule has 0 amide bonds. The van der Waals surface area contributed by atoms with Gasteiger partial charge in [0.25, 0.3) is 0 Å². The Morgan fingerprint density at radius 1 is 1.00 bits per heavy atom. The van der Waals surface area contributed by atoms with Gasteiger partial charge in [-0.15, -0.1) is 0 Å². The number of nitrogens with zero attached hydrogens (tertiary/aromatic N) is 1. The molecule has 2 atom stereocenters. The first kappa shape index (κ1) is 12.4. The summed E-state index contributed by atoms with van der Waals surface area (Å²) < 4.78 is 0. The third-order valence-electron chi connectivity index (χ3n) is 4.82. The van der Waals surface area contributed by atoms with Crippen LogP contribution in [0.3, 0.4) is 0 Å². The average molecular weight is 224 g/mol. The minimum atomic E-state index is 0.760. The van der Waals surface area contributed by atoms with Crippen LogP contribution in [-0.4, -0.2) is 30.1 Å². The highest BCUT2D eigenvalue weighted by atomic mass is 15.2. The van der Waals surface area contributed by atoms with Crippen molar-refractivity contribution >= 4 is 0 Å². The lowest BCUT2D eigenvalue weighted by molar-refractivity contribution is 0.0486. The molecule has 0 spiro atoms. The van der Waals surface area contributed by atoms with Gasteiger partial charge in [-0.25, -0.2) is 0 Å². The number of piperidine rings is 1. The quantitative estimate of drug-likeness (QED) is 0.781. The first-order chi connectivity index (χ1) is 7.70. The molecule has 2 rings (SSSR count). The fourth-order valence-corrected chi connectivity index (χ4v) is 3.49. The molecule has 2 aliphatic rings. The van der Waals surface area contributed by atoms with Crippen molar-refractivity contribution in [2.75, 3.05) is 13.1 Å². The predicted octanol–water partition coefficient (Wildman–Crippen LogP) is 2.62. The van der Waals surface area contributed by atoms with Crippen LogP contribution in [0.15, 0.2) is 0 Å². The Kier molecular flexibility index (Phi) is 4.26. The van der Waals surface area contributed by atoms with Crippen molar-refractivity contribution in [3.63, 3.8) is 0 Å². The molecule has 1 aliphatic heterocycles. The highest BCUT2D eigenvalue weighted by Crippen LogP contribution is 2.32. The summed E-state index contributed by atoms with van der Waals surface area (Å²) in [5, 5.41) is 0. The van der Waals surface area contributed by atoms with Crippen molar-refractivity contribution < 1.29 is 0 Å². The minimum absolute atomic E-state index is 0.760. The highest BCUT2D eigenvalue weighted by Gasteiger charge is 2.31. The second-order valence-electron chi connectivity index (χ2n) is 6.14. The SMILES string of the molecule is CC1CCC(N2CC(CN)CCC2C)CC1. The molecule has 1 saturated carbocycles. The monoisotopic (exact) mass is 224 g/mol. The molecule has 2 nitrogen and oxygen atoms in total. The molecule has 94 valence electrons. The van der Waals surface area contributed by atoms with Gasteiger partial charge in [0.05, 0.1) is 0 Å². The van der Waals surface area contributed by atoms with Gasteiger partial charge in [-0.1, -0.05) is 6.92 Å². The van der Waals surface area contributed by atoms with Gasteiger partial charge in [-0.2, -0.15) is 0 Å². The van der Waals surface area contributed by atoms with Crippen molar-refractivity contribution in [3.8, 4) is 0 Å². The van der Waals surface area contributed by atoms with E-state index in [1.54, 1.807) is 0 Å². The summed E-state index contributed by atoms with van der Waals surface area (Å²) in [5.74, 6) is 1.72. The van der Waals surface area contributed by atoms with E-state index in [1.165, 1.54) is 45.1 Å². The van der Waals surface area contributed by atoms with E-state index in [0.717, 1.165) is 30.5 Å². The fraction of sp³-hybridized carbons (Fsp3) is 1.00. The predicted molar refractivity (Wildman–Crippen MR) is 69.4 cm³/mol. The third kappa shape index (κ3) is 2.78. The van der Waals surface area contributed by atoms with Gasteiger partial charge < -0.3 is 5.73 Å². The molecular weight excluding hydrogens is 196 g/mol. The Balaban J connectivity index is 1.90. The van der Waals surface area contributed by atoms with E-state index in [2.05, 4.69) is 18.7 Å². The van der Waals surface area contributed by atoms with Crippen LogP contribution in [-0.2, 0) is 0 Å². The molecule has 0 aromatic rings. The molecule has 2 unspecified atom stereocenters. The Hall–Kier alpha value is -0.0800. The maximum Gasteiger partial charge on any atom is 0.00984 e. The van der Waals surface area contributed by atoms with Crippen molar-refractivity contribution in [2.24, 2.45) is 17.6 Å². The largest absolute Gasteiger partial charge is 0.330 e. The lowest BCUT2D eigenvalue weighted by Gasteiger charge is -2.44. The van der Waals surface area contributed by atoms with Crippen LogP contribution >= 0.6 is 0 Å². The fourth-order valence-electron chi connectivity index (χ4n) is 3.49. The molecule has 0 aromatic carbocycles. The molecule has 0 aromatic heterocycles. The Morgan fingerprint density at radius 3 is 2.31 bits per heavy atom. The van der Waals surface area contributed by atoms with E-state index in [1.807, 2.05) is 0 Å². The summed E-state index contributed by atoms with van der Waals surface area (Å²) in [6.45, 7) is 6.95. The van der Waals surface area contributed by atoms with E-state index in [4.69, 9.17) is 5.73 Å². The maximum absolute atomic E-state index is 5.84. The van der Waals surface area contributed by atoms with Gasteiger partial charge in [0, 0.05) is 18.6 Å². The molecular formula is C14H28N2. The average Bonchev–Trinajstić information content (AvgIpc) is 2.31. The molecule has 1 saturated heterocycles. The van der Waals surface area contributed by atoms with E-state index >= 15 is 0 Å². The Bertz CT molecular complexity index is 209. The van der Waals surface area contributed by atoms with Gasteiger partial charge in [-0.3, -0.25) is 4.90 Å². The number of rotatable bonds is 2. The highest BCUT2D eigenvalue weighted by molar-refractivity contribution is 4.86. The van der Waals surface area contributed by atoms with Gasteiger partial charge in [0.1, 0.15) is 0 Å². The van der Waals surface area contributed by atoms with Crippen LogP contribution in [0.5, 0.6) is 0 Å². The normalized spacial score (nSPS) is 42.2. The van der Waals surface area contributed by atoms with E-state index in [-0.39, 0.29) is 0 Å². The summed E-state index contributed by atoms with van der Waals surface area (Å²) in [5.41, 5.74) is 5.84. The van der Waals surface area contributed by atoms with Crippen LogP contribution in [0.1, 0.15) is 52.4 Å². The zero-order valence-corrected chi connectivity index (χ0v) is 11.0. The first-order valence-electron chi connectivity index (χ1n) is 7.16. The number of hydrogen-bond acceptors (Lipinski definition) is 2. The van der Waals surface area contributed by atoms with E-state index in [9.17, 15) is 0 Å². The van der Waals surface area contributed by atoms with Crippen molar-refractivity contribution in [2.45, 2.75) is 64.5 Å². The lowest BCUT2D eigenvalue weighted by atomic mass is 9.83. The van der Waals surface area contributed by atoms with E-state index < -0.39 is 0 Å². The van der Waals surface area contributed by atoms with Crippen molar-refractivity contribution in [1.29, 1.82) is 0 Å². The molecule has 1 aliphatic carbocycles. The Labute approximate surface area is 101 Å². The van der Waals surface area contributed by atoms with Gasteiger partial charge >= 0.3 is 0 Å². The van der Waals surface area contributed by atoms with Gasteiger partial charge in [0.2, 0.25) is 0 Å². The smallest absolute Gasteiger partial charge is 0.00984 e. The zero-order valence-electron chi connectivity index (χ0n) is 11.0. The second kappa shape index (κ2) is 5.50. The van der Waals surface area contributed by atoms with Crippen LogP contribution in [0.25, 0.3) is 0 Å². The summed E-state index contributed by atoms with van der Waals surface area (Å²) in [7, 11) is 0. The van der Waals surface area contributed by atoms with Crippen LogP contribution in [0.4, 0.5) is 0 Å². The van der Waals surface area contributed by atoms with E-state index in [0.29, 0.717) is 0 Å². The van der Waals surface area contributed by atoms with Gasteiger partial charge in [-0.05, 0) is 63.8 Å². The second-order valence-corrected chi connectivity index (χ2v) is 6.14. The summed E-state index contributed by atoms with van der Waals surface area (Å²) in [6.07, 6.45) is 8.40. The Morgan fingerprint density at radius 2 is 1.69 bits per heavy atom. The summed E-state index contributed by atoms with van der Waals surface area (Å²) in [6, 6.07) is 1.65. The minimum Gasteiger partial charge on any atom is -0.330 e. The molecule has 2 N–H and O–H groups in total. The molecule has 2 fully saturated rings. The molecule has 0 bridgehead atoms. The summed E-state index contributed by atoms with van der Waals surface area (Å²) >= 11 is 0. The first-order valence-corrected chi connectivity index (χ1v) is 7.16. The molecule has 1 heterocycles. The molecule has 16 heavy (non-hydrogen) atoms. The zero-order chi connectivity index (χ0) is 11.5. The van der Waals surface area contributed by atoms with Crippen LogP contribution < -0.4 is 5.73 Å². The number of likely N-dealkylation sites (tertiary alicyclic amines) is 1. The molecule has 2 heteroatoms. The van der Waals surface area contributed by atoms with Crippen molar-refractivity contribution in [1.82, 2.24) is 4.90 Å². The van der Waals surface area contributed by atoms with Crippen LogP contribution in [0.2, 0.25) is 0 Å². The number of nitrogens with two attached hydrogens (primary N) is 1. The maximum atomic E-state index is 5.84. The number of hydrogen-bond donors (Lipinski definition) is 1. The summed E-state index contributed by atoms with van der Waals surface area (Å²) in [4.78, 5) is 2.77. The topological polar surface area (TPSA) is 29.3 Å². The van der Waals surface area contributed by atoms with Crippen molar-refractivity contribution in [3.05, 3.63) is 0 Å². The third-order valence-corrected chi connectivity index (χ3v) is 4.82. The molecule has 0 radical (unpaired) electrons.